The number of hydrogen-bond acceptors (Lipinski definition) is 4. The van der Waals surface area contributed by atoms with Crippen LogP contribution in [0.1, 0.15) is 12.8 Å². The average molecular weight is 215 g/mol. The summed E-state index contributed by atoms with van der Waals surface area (Å²) in [4.78, 5) is 2.39. The van der Waals surface area contributed by atoms with Crippen LogP contribution in [0.25, 0.3) is 0 Å². The standard InChI is InChI=1S/C11H21NO3/c1-2-11(15-6-1)10-14-9-5-12-3-7-13-8-4-12/h11H,1-10H2. The molecule has 0 N–H and O–H groups in total. The molecule has 0 spiro atoms. The normalized spacial score (nSPS) is 28.4. The summed E-state index contributed by atoms with van der Waals surface area (Å²) in [5, 5.41) is 0. The van der Waals surface area contributed by atoms with E-state index in [1.807, 2.05) is 0 Å². The summed E-state index contributed by atoms with van der Waals surface area (Å²) in [6, 6.07) is 0. The molecule has 4 heteroatoms. The summed E-state index contributed by atoms with van der Waals surface area (Å²) >= 11 is 0. The molecule has 0 saturated carbocycles. The largest absolute Gasteiger partial charge is 0.379 e. The second-order valence-electron chi connectivity index (χ2n) is 4.16. The van der Waals surface area contributed by atoms with Crippen molar-refractivity contribution in [1.82, 2.24) is 4.90 Å². The molecule has 2 heterocycles. The van der Waals surface area contributed by atoms with Gasteiger partial charge in [0.15, 0.2) is 0 Å². The molecular weight excluding hydrogens is 194 g/mol. The highest BCUT2D eigenvalue weighted by atomic mass is 16.5. The van der Waals surface area contributed by atoms with E-state index in [2.05, 4.69) is 4.90 Å². The van der Waals surface area contributed by atoms with Crippen molar-refractivity contribution < 1.29 is 14.2 Å². The van der Waals surface area contributed by atoms with Gasteiger partial charge in [-0.05, 0) is 12.8 Å². The van der Waals surface area contributed by atoms with Gasteiger partial charge in [0.1, 0.15) is 0 Å². The van der Waals surface area contributed by atoms with Crippen LogP contribution in [0.4, 0.5) is 0 Å². The summed E-state index contributed by atoms with van der Waals surface area (Å²) in [6.07, 6.45) is 2.71. The maximum absolute atomic E-state index is 5.61. The van der Waals surface area contributed by atoms with E-state index >= 15 is 0 Å². The molecular formula is C11H21NO3. The first-order valence-electron chi connectivity index (χ1n) is 5.94. The lowest BCUT2D eigenvalue weighted by Gasteiger charge is -2.26. The van der Waals surface area contributed by atoms with E-state index in [-0.39, 0.29) is 0 Å². The molecule has 88 valence electrons. The van der Waals surface area contributed by atoms with Crippen molar-refractivity contribution in [3.05, 3.63) is 0 Å². The van der Waals surface area contributed by atoms with E-state index in [1.165, 1.54) is 6.42 Å². The first-order valence-corrected chi connectivity index (χ1v) is 5.94. The lowest BCUT2D eigenvalue weighted by atomic mass is 10.2. The van der Waals surface area contributed by atoms with Crippen molar-refractivity contribution in [1.29, 1.82) is 0 Å². The fourth-order valence-electron chi connectivity index (χ4n) is 2.01. The first-order chi connectivity index (χ1) is 7.45. The molecule has 0 aromatic carbocycles. The van der Waals surface area contributed by atoms with Gasteiger partial charge < -0.3 is 14.2 Å². The number of rotatable bonds is 5. The lowest BCUT2D eigenvalue weighted by Crippen LogP contribution is -2.38. The zero-order chi connectivity index (χ0) is 10.3. The summed E-state index contributed by atoms with van der Waals surface area (Å²) in [7, 11) is 0. The Kier molecular flexibility index (Phi) is 4.86. The van der Waals surface area contributed by atoms with Crippen molar-refractivity contribution in [2.24, 2.45) is 0 Å². The van der Waals surface area contributed by atoms with Crippen molar-refractivity contribution in [3.63, 3.8) is 0 Å². The van der Waals surface area contributed by atoms with E-state index < -0.39 is 0 Å². The van der Waals surface area contributed by atoms with Gasteiger partial charge in [-0.2, -0.15) is 0 Å². The topological polar surface area (TPSA) is 30.9 Å². The molecule has 1 atom stereocenters. The predicted molar refractivity (Wildman–Crippen MR) is 57.1 cm³/mol. The average Bonchev–Trinajstić information content (AvgIpc) is 2.79. The van der Waals surface area contributed by atoms with Crippen LogP contribution in [-0.2, 0) is 14.2 Å². The minimum atomic E-state index is 0.356. The molecule has 0 bridgehead atoms. The number of morpholine rings is 1. The van der Waals surface area contributed by atoms with Gasteiger partial charge in [0.05, 0.1) is 32.5 Å². The Morgan fingerprint density at radius 3 is 2.80 bits per heavy atom. The third-order valence-corrected chi connectivity index (χ3v) is 2.98. The number of ether oxygens (including phenoxy) is 3. The van der Waals surface area contributed by atoms with Crippen LogP contribution >= 0.6 is 0 Å². The van der Waals surface area contributed by atoms with Crippen molar-refractivity contribution in [3.8, 4) is 0 Å². The third kappa shape index (κ3) is 4.07. The number of nitrogens with zero attached hydrogens (tertiary/aromatic N) is 1. The molecule has 0 amide bonds. The maximum Gasteiger partial charge on any atom is 0.0809 e. The molecule has 2 aliphatic rings. The molecule has 4 nitrogen and oxygen atoms in total. The SMILES string of the molecule is C1COC(COCCN2CCOCC2)C1. The second kappa shape index (κ2) is 6.43. The summed E-state index contributed by atoms with van der Waals surface area (Å²) in [5.74, 6) is 0. The summed E-state index contributed by atoms with van der Waals surface area (Å²) < 4.78 is 16.4. The van der Waals surface area contributed by atoms with E-state index in [0.29, 0.717) is 6.10 Å². The smallest absolute Gasteiger partial charge is 0.0809 e. The Bertz CT molecular complexity index is 165. The van der Waals surface area contributed by atoms with Crippen LogP contribution in [0.15, 0.2) is 0 Å². The highest BCUT2D eigenvalue weighted by molar-refractivity contribution is 4.64. The Morgan fingerprint density at radius 2 is 2.07 bits per heavy atom. The molecule has 1 unspecified atom stereocenters. The van der Waals surface area contributed by atoms with Gasteiger partial charge in [0.25, 0.3) is 0 Å². The highest BCUT2D eigenvalue weighted by Crippen LogP contribution is 2.11. The lowest BCUT2D eigenvalue weighted by molar-refractivity contribution is -0.00633. The van der Waals surface area contributed by atoms with Crippen LogP contribution < -0.4 is 0 Å². The monoisotopic (exact) mass is 215 g/mol. The Labute approximate surface area is 91.5 Å². The van der Waals surface area contributed by atoms with Crippen LogP contribution in [-0.4, -0.2) is 63.7 Å². The summed E-state index contributed by atoms with van der Waals surface area (Å²) in [5.41, 5.74) is 0. The zero-order valence-electron chi connectivity index (χ0n) is 9.32. The minimum Gasteiger partial charge on any atom is -0.379 e. The fourth-order valence-corrected chi connectivity index (χ4v) is 2.01. The fraction of sp³-hybridized carbons (Fsp3) is 1.00. The van der Waals surface area contributed by atoms with E-state index in [4.69, 9.17) is 14.2 Å². The van der Waals surface area contributed by atoms with Crippen molar-refractivity contribution in [2.75, 3.05) is 52.7 Å². The molecule has 0 aliphatic carbocycles. The van der Waals surface area contributed by atoms with Crippen molar-refractivity contribution >= 4 is 0 Å². The van der Waals surface area contributed by atoms with E-state index in [9.17, 15) is 0 Å². The van der Waals surface area contributed by atoms with E-state index in [0.717, 1.165) is 59.1 Å². The van der Waals surface area contributed by atoms with Gasteiger partial charge in [-0.3, -0.25) is 4.90 Å². The molecule has 2 aliphatic heterocycles. The predicted octanol–water partition coefficient (Wildman–Crippen LogP) is 0.514. The Hall–Kier alpha value is -0.160. The zero-order valence-corrected chi connectivity index (χ0v) is 9.32. The molecule has 2 saturated heterocycles. The van der Waals surface area contributed by atoms with Gasteiger partial charge in [0, 0.05) is 26.2 Å². The first kappa shape index (κ1) is 11.3. The van der Waals surface area contributed by atoms with E-state index in [1.54, 1.807) is 0 Å². The molecule has 0 radical (unpaired) electrons. The minimum absolute atomic E-state index is 0.356. The molecule has 0 aromatic rings. The van der Waals surface area contributed by atoms with Gasteiger partial charge in [-0.1, -0.05) is 0 Å². The van der Waals surface area contributed by atoms with Gasteiger partial charge >= 0.3 is 0 Å². The maximum atomic E-state index is 5.61. The Balaban J connectivity index is 1.47. The second-order valence-corrected chi connectivity index (χ2v) is 4.16. The van der Waals surface area contributed by atoms with Crippen LogP contribution in [0, 0.1) is 0 Å². The van der Waals surface area contributed by atoms with Crippen LogP contribution in [0.2, 0.25) is 0 Å². The van der Waals surface area contributed by atoms with Crippen molar-refractivity contribution in [2.45, 2.75) is 18.9 Å². The molecule has 0 aromatic heterocycles. The Morgan fingerprint density at radius 1 is 1.20 bits per heavy atom. The highest BCUT2D eigenvalue weighted by Gasteiger charge is 2.15. The quantitative estimate of drug-likeness (QED) is 0.625. The van der Waals surface area contributed by atoms with Crippen LogP contribution in [0.3, 0.4) is 0 Å². The summed E-state index contributed by atoms with van der Waals surface area (Å²) in [6.45, 7) is 7.35. The van der Waals surface area contributed by atoms with Crippen LogP contribution in [0.5, 0.6) is 0 Å². The van der Waals surface area contributed by atoms with Gasteiger partial charge in [-0.25, -0.2) is 0 Å². The molecule has 2 rings (SSSR count). The third-order valence-electron chi connectivity index (χ3n) is 2.98. The molecule has 15 heavy (non-hydrogen) atoms. The molecule has 2 fully saturated rings. The van der Waals surface area contributed by atoms with Gasteiger partial charge in [0.2, 0.25) is 0 Å². The van der Waals surface area contributed by atoms with Gasteiger partial charge in [-0.15, -0.1) is 0 Å². The number of hydrogen-bond donors (Lipinski definition) is 0.